The van der Waals surface area contributed by atoms with Gasteiger partial charge in [0.15, 0.2) is 0 Å². The van der Waals surface area contributed by atoms with Crippen molar-refractivity contribution in [3.63, 3.8) is 0 Å². The summed E-state index contributed by atoms with van der Waals surface area (Å²) < 4.78 is 33.5. The third-order valence-corrected chi connectivity index (χ3v) is 6.89. The smallest absolute Gasteiger partial charge is 0.250 e. The fourth-order valence-electron chi connectivity index (χ4n) is 3.44. The molecule has 3 heterocycles. The van der Waals surface area contributed by atoms with E-state index in [9.17, 15) is 13.2 Å². The zero-order valence-electron chi connectivity index (χ0n) is 17.1. The van der Waals surface area contributed by atoms with Crippen LogP contribution in [0.2, 0.25) is 0 Å². The van der Waals surface area contributed by atoms with Crippen LogP contribution in [0.5, 0.6) is 0 Å². The Hall–Kier alpha value is -3.18. The number of hydrogen-bond acceptors (Lipinski definition) is 8. The zero-order chi connectivity index (χ0) is 22.0. The minimum atomic E-state index is -3.69. The van der Waals surface area contributed by atoms with Crippen molar-refractivity contribution < 1.29 is 17.6 Å². The zero-order valence-corrected chi connectivity index (χ0v) is 18.0. The first kappa shape index (κ1) is 21.1. The van der Waals surface area contributed by atoms with Crippen molar-refractivity contribution in [2.24, 2.45) is 0 Å². The molecule has 1 N–H and O–H groups in total. The van der Waals surface area contributed by atoms with Gasteiger partial charge in [-0.2, -0.15) is 4.31 Å². The first-order valence-electron chi connectivity index (χ1n) is 9.83. The molecule has 2 aromatic heterocycles. The van der Waals surface area contributed by atoms with Gasteiger partial charge in [0.25, 0.3) is 5.89 Å². The van der Waals surface area contributed by atoms with Crippen molar-refractivity contribution in [1.82, 2.24) is 24.5 Å². The quantitative estimate of drug-likeness (QED) is 0.637. The maximum absolute atomic E-state index is 13.1. The number of nitrogens with zero attached hydrogens (tertiary/aromatic N) is 5. The van der Waals surface area contributed by atoms with Crippen LogP contribution < -0.4 is 5.32 Å². The molecule has 11 heteroatoms. The number of aryl methyl sites for hydroxylation is 1. The van der Waals surface area contributed by atoms with E-state index in [2.05, 4.69) is 25.5 Å². The summed E-state index contributed by atoms with van der Waals surface area (Å²) >= 11 is 0. The Balaban J connectivity index is 1.50. The molecule has 0 aliphatic carbocycles. The Morgan fingerprint density at radius 3 is 2.55 bits per heavy atom. The van der Waals surface area contributed by atoms with Crippen molar-refractivity contribution in [3.8, 4) is 11.5 Å². The predicted molar refractivity (Wildman–Crippen MR) is 112 cm³/mol. The Kier molecular flexibility index (Phi) is 5.79. The lowest BCUT2D eigenvalue weighted by molar-refractivity contribution is -0.114. The molecule has 1 aliphatic rings. The molecule has 3 aromatic rings. The van der Waals surface area contributed by atoms with Crippen LogP contribution in [-0.4, -0.2) is 51.9 Å². The van der Waals surface area contributed by atoms with Gasteiger partial charge in [0, 0.05) is 38.1 Å². The van der Waals surface area contributed by atoms with E-state index < -0.39 is 10.0 Å². The van der Waals surface area contributed by atoms with Crippen molar-refractivity contribution in [3.05, 3.63) is 48.4 Å². The minimum Gasteiger partial charge on any atom is -0.420 e. The molecule has 1 fully saturated rings. The van der Waals surface area contributed by atoms with Crippen LogP contribution in [0.15, 0.2) is 46.0 Å². The van der Waals surface area contributed by atoms with Crippen LogP contribution in [0, 0.1) is 6.92 Å². The SMILES string of the molecule is CC(=O)Nc1ccc(S(=O)(=O)N2CCC[C@H](c3nnc(-c4cnc(C)nc4)o3)C2)cc1. The van der Waals surface area contributed by atoms with Crippen LogP contribution in [0.3, 0.4) is 0 Å². The topological polar surface area (TPSA) is 131 Å². The highest BCUT2D eigenvalue weighted by Crippen LogP contribution is 2.31. The highest BCUT2D eigenvalue weighted by molar-refractivity contribution is 7.89. The van der Waals surface area contributed by atoms with Crippen molar-refractivity contribution in [1.29, 1.82) is 0 Å². The largest absolute Gasteiger partial charge is 0.420 e. The van der Waals surface area contributed by atoms with E-state index >= 15 is 0 Å². The maximum Gasteiger partial charge on any atom is 0.250 e. The van der Waals surface area contributed by atoms with Gasteiger partial charge in [0.1, 0.15) is 5.82 Å². The fraction of sp³-hybridized carbons (Fsp3) is 0.350. The van der Waals surface area contributed by atoms with Crippen molar-refractivity contribution in [2.45, 2.75) is 37.5 Å². The Bertz CT molecular complexity index is 1180. The Labute approximate surface area is 179 Å². The van der Waals surface area contributed by atoms with Gasteiger partial charge in [0.2, 0.25) is 21.8 Å². The number of hydrogen-bond donors (Lipinski definition) is 1. The highest BCUT2D eigenvalue weighted by Gasteiger charge is 2.33. The average Bonchev–Trinajstić information content (AvgIpc) is 3.25. The summed E-state index contributed by atoms with van der Waals surface area (Å²) in [5.74, 6) is 0.933. The second kappa shape index (κ2) is 8.52. The number of carbonyl (C=O) groups is 1. The fourth-order valence-corrected chi connectivity index (χ4v) is 4.97. The van der Waals surface area contributed by atoms with Gasteiger partial charge in [-0.05, 0) is 44.0 Å². The number of amides is 1. The lowest BCUT2D eigenvalue weighted by atomic mass is 10.00. The summed E-state index contributed by atoms with van der Waals surface area (Å²) in [7, 11) is -3.69. The molecule has 31 heavy (non-hydrogen) atoms. The molecule has 1 aromatic carbocycles. The van der Waals surface area contributed by atoms with Crippen molar-refractivity contribution in [2.75, 3.05) is 18.4 Å². The predicted octanol–water partition coefficient (Wildman–Crippen LogP) is 2.36. The first-order chi connectivity index (χ1) is 14.8. The minimum absolute atomic E-state index is 0.172. The lowest BCUT2D eigenvalue weighted by Gasteiger charge is -2.30. The van der Waals surface area contributed by atoms with Crippen LogP contribution in [-0.2, 0) is 14.8 Å². The van der Waals surface area contributed by atoms with Gasteiger partial charge in [0.05, 0.1) is 16.4 Å². The standard InChI is InChI=1S/C20H22N6O4S/c1-13-21-10-16(11-22-13)20-25-24-19(30-20)15-4-3-9-26(12-15)31(28,29)18-7-5-17(6-8-18)23-14(2)27/h5-8,10-11,15H,3-4,9,12H2,1-2H3,(H,23,27)/t15-/m0/s1. The van der Waals surface area contributed by atoms with E-state index in [0.717, 1.165) is 6.42 Å². The molecular weight excluding hydrogens is 420 g/mol. The molecule has 1 aliphatic heterocycles. The lowest BCUT2D eigenvalue weighted by Crippen LogP contribution is -2.39. The second-order valence-electron chi connectivity index (χ2n) is 7.37. The molecule has 1 atom stereocenters. The number of aromatic nitrogens is 4. The summed E-state index contributed by atoms with van der Waals surface area (Å²) in [6.45, 7) is 3.85. The summed E-state index contributed by atoms with van der Waals surface area (Å²) in [5, 5.41) is 10.8. The molecule has 0 bridgehead atoms. The molecule has 10 nitrogen and oxygen atoms in total. The molecule has 0 radical (unpaired) electrons. The summed E-state index contributed by atoms with van der Waals surface area (Å²) in [5.41, 5.74) is 1.16. The molecule has 4 rings (SSSR count). The van der Waals surface area contributed by atoms with E-state index in [1.807, 2.05) is 0 Å². The van der Waals surface area contributed by atoms with Gasteiger partial charge in [-0.15, -0.1) is 10.2 Å². The summed E-state index contributed by atoms with van der Waals surface area (Å²) in [6.07, 6.45) is 4.66. The number of sulfonamides is 1. The van der Waals surface area contributed by atoms with Gasteiger partial charge < -0.3 is 9.73 Å². The third kappa shape index (κ3) is 4.62. The molecule has 162 valence electrons. The number of nitrogens with one attached hydrogen (secondary N) is 1. The molecule has 1 amide bonds. The van der Waals surface area contributed by atoms with Crippen LogP contribution in [0.4, 0.5) is 5.69 Å². The summed E-state index contributed by atoms with van der Waals surface area (Å²) in [6, 6.07) is 6.13. The Morgan fingerprint density at radius 1 is 1.16 bits per heavy atom. The maximum atomic E-state index is 13.1. The molecular formula is C20H22N6O4S. The van der Waals surface area contributed by atoms with E-state index in [-0.39, 0.29) is 23.3 Å². The van der Waals surface area contributed by atoms with Gasteiger partial charge >= 0.3 is 0 Å². The average molecular weight is 443 g/mol. The van der Waals surface area contributed by atoms with Gasteiger partial charge in [-0.1, -0.05) is 0 Å². The highest BCUT2D eigenvalue weighted by atomic mass is 32.2. The number of carbonyl (C=O) groups excluding carboxylic acids is 1. The van der Waals surface area contributed by atoms with E-state index in [1.165, 1.54) is 23.4 Å². The Morgan fingerprint density at radius 2 is 1.87 bits per heavy atom. The second-order valence-corrected chi connectivity index (χ2v) is 9.31. The normalized spacial score (nSPS) is 17.4. The summed E-state index contributed by atoms with van der Waals surface area (Å²) in [4.78, 5) is 19.6. The first-order valence-corrected chi connectivity index (χ1v) is 11.3. The van der Waals surface area contributed by atoms with E-state index in [0.29, 0.717) is 41.8 Å². The molecule has 0 saturated carbocycles. The van der Waals surface area contributed by atoms with E-state index in [4.69, 9.17) is 4.42 Å². The van der Waals surface area contributed by atoms with Gasteiger partial charge in [-0.25, -0.2) is 18.4 Å². The molecule has 1 saturated heterocycles. The molecule has 0 spiro atoms. The van der Waals surface area contributed by atoms with E-state index in [1.54, 1.807) is 31.5 Å². The number of piperidine rings is 1. The van der Waals surface area contributed by atoms with Crippen molar-refractivity contribution >= 4 is 21.6 Å². The molecule has 0 unspecified atom stereocenters. The van der Waals surface area contributed by atoms with Crippen LogP contribution in [0.1, 0.15) is 37.4 Å². The third-order valence-electron chi connectivity index (χ3n) is 5.01. The van der Waals surface area contributed by atoms with Crippen LogP contribution in [0.25, 0.3) is 11.5 Å². The van der Waals surface area contributed by atoms with Crippen LogP contribution >= 0.6 is 0 Å². The number of benzene rings is 1. The number of anilines is 1. The monoisotopic (exact) mass is 442 g/mol. The number of rotatable bonds is 5. The van der Waals surface area contributed by atoms with Gasteiger partial charge in [-0.3, -0.25) is 4.79 Å².